The third-order valence-corrected chi connectivity index (χ3v) is 5.24. The van der Waals surface area contributed by atoms with Crippen LogP contribution in [0.2, 0.25) is 0 Å². The minimum Gasteiger partial charge on any atom is -0.386 e. The molecule has 4 heterocycles. The molecule has 0 aromatic carbocycles. The molecule has 0 bridgehead atoms. The predicted octanol–water partition coefficient (Wildman–Crippen LogP) is 1.13. The lowest BCUT2D eigenvalue weighted by Crippen LogP contribution is -2.43. The van der Waals surface area contributed by atoms with Crippen LogP contribution in [0.1, 0.15) is 31.2 Å². The van der Waals surface area contributed by atoms with E-state index in [4.69, 9.17) is 4.84 Å². The molecule has 2 saturated heterocycles. The number of oxime groups is 1. The van der Waals surface area contributed by atoms with Crippen molar-refractivity contribution in [2.24, 2.45) is 5.16 Å². The van der Waals surface area contributed by atoms with Crippen molar-refractivity contribution in [1.29, 1.82) is 0 Å². The van der Waals surface area contributed by atoms with Crippen LogP contribution in [0.4, 0.5) is 4.79 Å². The maximum Gasteiger partial charge on any atom is 0.320 e. The Morgan fingerprint density at radius 2 is 2.08 bits per heavy atom. The smallest absolute Gasteiger partial charge is 0.320 e. The molecule has 4 rings (SSSR count). The van der Waals surface area contributed by atoms with Crippen LogP contribution in [0.25, 0.3) is 0 Å². The molecule has 3 amide bonds. The van der Waals surface area contributed by atoms with E-state index in [0.29, 0.717) is 38.2 Å². The fourth-order valence-corrected chi connectivity index (χ4v) is 3.77. The second-order valence-electron chi connectivity index (χ2n) is 7.18. The first-order valence-corrected chi connectivity index (χ1v) is 9.11. The van der Waals surface area contributed by atoms with Gasteiger partial charge < -0.3 is 20.0 Å². The van der Waals surface area contributed by atoms with Gasteiger partial charge in [-0.25, -0.2) is 4.79 Å². The molecule has 0 aliphatic carbocycles. The van der Waals surface area contributed by atoms with Gasteiger partial charge in [0, 0.05) is 51.4 Å². The van der Waals surface area contributed by atoms with Gasteiger partial charge in [0.25, 0.3) is 5.91 Å². The SMILES string of the molecule is O=C(NCc1cccnc1)C1=NO[C@@]2(CCN(C(=O)N3CCCC3)C2)C1. The summed E-state index contributed by atoms with van der Waals surface area (Å²) < 4.78 is 0. The highest BCUT2D eigenvalue weighted by Gasteiger charge is 2.48. The minimum absolute atomic E-state index is 0.0810. The van der Waals surface area contributed by atoms with E-state index in [1.54, 1.807) is 12.4 Å². The monoisotopic (exact) mass is 357 g/mol. The highest BCUT2D eigenvalue weighted by atomic mass is 16.7. The Balaban J connectivity index is 1.30. The van der Waals surface area contributed by atoms with Crippen molar-refractivity contribution in [3.05, 3.63) is 30.1 Å². The molecule has 2 fully saturated rings. The number of urea groups is 1. The highest BCUT2D eigenvalue weighted by Crippen LogP contribution is 2.34. The number of amides is 3. The molecular formula is C18H23N5O3. The summed E-state index contributed by atoms with van der Waals surface area (Å²) in [4.78, 5) is 38.3. The van der Waals surface area contributed by atoms with Gasteiger partial charge in [-0.3, -0.25) is 9.78 Å². The first kappa shape index (κ1) is 16.8. The van der Waals surface area contributed by atoms with E-state index < -0.39 is 5.60 Å². The number of rotatable bonds is 3. The van der Waals surface area contributed by atoms with Crippen molar-refractivity contribution in [2.45, 2.75) is 37.8 Å². The molecule has 26 heavy (non-hydrogen) atoms. The third-order valence-electron chi connectivity index (χ3n) is 5.24. The lowest BCUT2D eigenvalue weighted by Gasteiger charge is -2.25. The van der Waals surface area contributed by atoms with Gasteiger partial charge in [-0.15, -0.1) is 0 Å². The zero-order chi connectivity index (χ0) is 18.0. The first-order valence-electron chi connectivity index (χ1n) is 9.11. The van der Waals surface area contributed by atoms with Crippen molar-refractivity contribution in [1.82, 2.24) is 20.1 Å². The average molecular weight is 357 g/mol. The van der Waals surface area contributed by atoms with Gasteiger partial charge in [0.05, 0.1) is 6.54 Å². The van der Waals surface area contributed by atoms with E-state index in [9.17, 15) is 9.59 Å². The minimum atomic E-state index is -0.545. The second kappa shape index (κ2) is 6.93. The standard InChI is InChI=1S/C18H23N5O3/c24-16(20-12-14-4-3-6-19-11-14)15-10-18(26-21-15)5-9-23(13-18)17(25)22-7-1-2-8-22/h3-4,6,11H,1-2,5,7-10,12-13H2,(H,20,24)/t18-/m0/s1. The molecule has 0 unspecified atom stereocenters. The summed E-state index contributed by atoms with van der Waals surface area (Å²) in [5.74, 6) is -0.227. The zero-order valence-corrected chi connectivity index (χ0v) is 14.7. The number of pyridine rings is 1. The topological polar surface area (TPSA) is 87.1 Å². The molecule has 1 spiro atoms. The number of aromatic nitrogens is 1. The predicted molar refractivity (Wildman–Crippen MR) is 94.3 cm³/mol. The maximum absolute atomic E-state index is 12.5. The Morgan fingerprint density at radius 3 is 2.85 bits per heavy atom. The summed E-state index contributed by atoms with van der Waals surface area (Å²) in [7, 11) is 0. The van der Waals surface area contributed by atoms with Crippen molar-refractivity contribution >= 4 is 17.6 Å². The third kappa shape index (κ3) is 3.36. The van der Waals surface area contributed by atoms with Crippen LogP contribution in [0.15, 0.2) is 29.7 Å². The molecule has 8 heteroatoms. The molecule has 1 atom stereocenters. The average Bonchev–Trinajstić information content (AvgIpc) is 3.42. The van der Waals surface area contributed by atoms with Crippen LogP contribution < -0.4 is 5.32 Å². The van der Waals surface area contributed by atoms with E-state index in [0.717, 1.165) is 31.5 Å². The number of likely N-dealkylation sites (tertiary alicyclic amines) is 2. The Labute approximate surface area is 152 Å². The van der Waals surface area contributed by atoms with Gasteiger partial charge in [0.1, 0.15) is 5.71 Å². The second-order valence-corrected chi connectivity index (χ2v) is 7.18. The molecule has 0 saturated carbocycles. The van der Waals surface area contributed by atoms with Crippen LogP contribution in [-0.4, -0.2) is 64.2 Å². The molecule has 1 N–H and O–H groups in total. The largest absolute Gasteiger partial charge is 0.386 e. The summed E-state index contributed by atoms with van der Waals surface area (Å²) >= 11 is 0. The Bertz CT molecular complexity index is 717. The van der Waals surface area contributed by atoms with Crippen molar-refractivity contribution in [2.75, 3.05) is 26.2 Å². The molecule has 138 valence electrons. The van der Waals surface area contributed by atoms with E-state index in [1.807, 2.05) is 21.9 Å². The Kier molecular flexibility index (Phi) is 4.48. The van der Waals surface area contributed by atoms with Crippen molar-refractivity contribution in [3.63, 3.8) is 0 Å². The lowest BCUT2D eigenvalue weighted by molar-refractivity contribution is -0.115. The first-order chi connectivity index (χ1) is 12.7. The highest BCUT2D eigenvalue weighted by molar-refractivity contribution is 6.39. The van der Waals surface area contributed by atoms with Gasteiger partial charge in [-0.1, -0.05) is 11.2 Å². The maximum atomic E-state index is 12.5. The summed E-state index contributed by atoms with van der Waals surface area (Å²) in [6.07, 6.45) is 6.70. The normalized spacial score (nSPS) is 24.7. The molecule has 1 aromatic rings. The van der Waals surface area contributed by atoms with Crippen LogP contribution in [0.3, 0.4) is 0 Å². The summed E-state index contributed by atoms with van der Waals surface area (Å²) in [6.45, 7) is 3.21. The quantitative estimate of drug-likeness (QED) is 0.879. The van der Waals surface area contributed by atoms with E-state index in [-0.39, 0.29) is 11.9 Å². The number of nitrogens with one attached hydrogen (secondary N) is 1. The zero-order valence-electron chi connectivity index (χ0n) is 14.7. The molecule has 8 nitrogen and oxygen atoms in total. The van der Waals surface area contributed by atoms with Gasteiger partial charge in [0.2, 0.25) is 0 Å². The summed E-state index contributed by atoms with van der Waals surface area (Å²) in [6, 6.07) is 3.81. The van der Waals surface area contributed by atoms with Gasteiger partial charge in [-0.05, 0) is 24.5 Å². The van der Waals surface area contributed by atoms with Gasteiger partial charge >= 0.3 is 6.03 Å². The molecule has 3 aliphatic heterocycles. The van der Waals surface area contributed by atoms with Crippen LogP contribution in [-0.2, 0) is 16.2 Å². The number of nitrogens with zero attached hydrogens (tertiary/aromatic N) is 4. The fourth-order valence-electron chi connectivity index (χ4n) is 3.77. The number of hydrogen-bond acceptors (Lipinski definition) is 5. The lowest BCUT2D eigenvalue weighted by atomic mass is 9.96. The van der Waals surface area contributed by atoms with E-state index in [2.05, 4.69) is 15.5 Å². The number of carbonyl (C=O) groups excluding carboxylic acids is 2. The molecule has 3 aliphatic rings. The van der Waals surface area contributed by atoms with Crippen LogP contribution in [0, 0.1) is 0 Å². The van der Waals surface area contributed by atoms with Crippen molar-refractivity contribution in [3.8, 4) is 0 Å². The number of hydrogen-bond donors (Lipinski definition) is 1. The Hall–Kier alpha value is -2.64. The van der Waals surface area contributed by atoms with Gasteiger partial charge in [0.15, 0.2) is 5.60 Å². The fraction of sp³-hybridized carbons (Fsp3) is 0.556. The Morgan fingerprint density at radius 1 is 1.23 bits per heavy atom. The molecule has 1 aromatic heterocycles. The summed E-state index contributed by atoms with van der Waals surface area (Å²) in [5.41, 5.74) is 0.777. The van der Waals surface area contributed by atoms with Crippen LogP contribution >= 0.6 is 0 Å². The number of carbonyl (C=O) groups is 2. The summed E-state index contributed by atoms with van der Waals surface area (Å²) in [5, 5.41) is 6.86. The van der Waals surface area contributed by atoms with Crippen molar-refractivity contribution < 1.29 is 14.4 Å². The molecular weight excluding hydrogens is 334 g/mol. The van der Waals surface area contributed by atoms with E-state index >= 15 is 0 Å². The van der Waals surface area contributed by atoms with Gasteiger partial charge in [-0.2, -0.15) is 0 Å². The van der Waals surface area contributed by atoms with Crippen LogP contribution in [0.5, 0.6) is 0 Å². The molecule has 0 radical (unpaired) electrons. The van der Waals surface area contributed by atoms with E-state index in [1.165, 1.54) is 0 Å².